The topological polar surface area (TPSA) is 17.8 Å². The van der Waals surface area contributed by atoms with E-state index in [-0.39, 0.29) is 0 Å². The number of benzene rings is 1. The van der Waals surface area contributed by atoms with E-state index in [9.17, 15) is 0 Å². The molecular weight excluding hydrogens is 208 g/mol. The van der Waals surface area contributed by atoms with E-state index in [0.29, 0.717) is 0 Å². The average molecular weight is 226 g/mol. The third kappa shape index (κ3) is 3.06. The molecule has 0 bridgehead atoms. The zero-order valence-electron chi connectivity index (χ0n) is 10.4. The molecule has 0 saturated heterocycles. The van der Waals surface area contributed by atoms with Crippen LogP contribution < -0.4 is 0 Å². The minimum atomic E-state index is 0.835. The van der Waals surface area contributed by atoms with E-state index >= 15 is 0 Å². The predicted octanol–water partition coefficient (Wildman–Crippen LogP) is 3.66. The van der Waals surface area contributed by atoms with Gasteiger partial charge in [-0.15, -0.1) is 0 Å². The van der Waals surface area contributed by atoms with Crippen LogP contribution in [0, 0.1) is 6.92 Å². The van der Waals surface area contributed by atoms with Gasteiger partial charge >= 0.3 is 0 Å². The Morgan fingerprint density at radius 1 is 1.24 bits per heavy atom. The second-order valence-electron chi connectivity index (χ2n) is 4.19. The van der Waals surface area contributed by atoms with Gasteiger partial charge in [-0.2, -0.15) is 5.10 Å². The Balaban J connectivity index is 2.15. The summed E-state index contributed by atoms with van der Waals surface area (Å²) in [6, 6.07) is 10.4. The van der Waals surface area contributed by atoms with Gasteiger partial charge in [0, 0.05) is 6.20 Å². The summed E-state index contributed by atoms with van der Waals surface area (Å²) >= 11 is 0. The molecule has 2 rings (SSSR count). The Morgan fingerprint density at radius 3 is 2.71 bits per heavy atom. The minimum absolute atomic E-state index is 0.835. The predicted molar refractivity (Wildman–Crippen MR) is 71.8 cm³/mol. The van der Waals surface area contributed by atoms with Crippen LogP contribution in [0.25, 0.3) is 6.08 Å². The molecule has 2 heteroatoms. The van der Waals surface area contributed by atoms with Crippen LogP contribution >= 0.6 is 0 Å². The van der Waals surface area contributed by atoms with Gasteiger partial charge < -0.3 is 0 Å². The van der Waals surface area contributed by atoms with Crippen LogP contribution in [0.1, 0.15) is 30.2 Å². The monoisotopic (exact) mass is 226 g/mol. The van der Waals surface area contributed by atoms with Crippen molar-refractivity contribution < 1.29 is 0 Å². The highest BCUT2D eigenvalue weighted by molar-refractivity contribution is 5.47. The Kier molecular flexibility index (Phi) is 3.76. The van der Waals surface area contributed by atoms with Crippen LogP contribution in [0.5, 0.6) is 0 Å². The molecule has 17 heavy (non-hydrogen) atoms. The van der Waals surface area contributed by atoms with Crippen molar-refractivity contribution in [3.63, 3.8) is 0 Å². The number of aromatic nitrogens is 2. The van der Waals surface area contributed by atoms with Crippen molar-refractivity contribution in [1.29, 1.82) is 0 Å². The van der Waals surface area contributed by atoms with Crippen LogP contribution in [-0.4, -0.2) is 9.78 Å². The minimum Gasteiger partial charge on any atom is -0.267 e. The van der Waals surface area contributed by atoms with Crippen LogP contribution in [-0.2, 0) is 6.54 Å². The second kappa shape index (κ2) is 5.48. The highest BCUT2D eigenvalue weighted by atomic mass is 15.3. The summed E-state index contributed by atoms with van der Waals surface area (Å²) in [5.74, 6) is 0. The van der Waals surface area contributed by atoms with Gasteiger partial charge in [0.2, 0.25) is 0 Å². The maximum Gasteiger partial charge on any atom is 0.0876 e. The van der Waals surface area contributed by atoms with Crippen molar-refractivity contribution in [2.45, 2.75) is 26.8 Å². The Labute approximate surface area is 103 Å². The van der Waals surface area contributed by atoms with Crippen LogP contribution in [0.2, 0.25) is 0 Å². The molecule has 1 aromatic carbocycles. The van der Waals surface area contributed by atoms with Crippen LogP contribution in [0.3, 0.4) is 0 Å². The molecule has 0 saturated carbocycles. The average Bonchev–Trinajstić information content (AvgIpc) is 2.68. The number of hydrogen-bond donors (Lipinski definition) is 0. The van der Waals surface area contributed by atoms with Crippen LogP contribution in [0.4, 0.5) is 0 Å². The lowest BCUT2D eigenvalue weighted by Gasteiger charge is -2.00. The first-order valence-electron chi connectivity index (χ1n) is 6.04. The largest absolute Gasteiger partial charge is 0.267 e. The third-order valence-electron chi connectivity index (χ3n) is 2.68. The summed E-state index contributed by atoms with van der Waals surface area (Å²) < 4.78 is 2.00. The van der Waals surface area contributed by atoms with Crippen molar-refractivity contribution in [1.82, 2.24) is 9.78 Å². The Bertz CT molecular complexity index is 495. The fourth-order valence-corrected chi connectivity index (χ4v) is 1.78. The quantitative estimate of drug-likeness (QED) is 0.778. The molecule has 0 aliphatic carbocycles. The fourth-order valence-electron chi connectivity index (χ4n) is 1.78. The number of nitrogens with zero attached hydrogens (tertiary/aromatic N) is 2. The molecule has 0 N–H and O–H groups in total. The van der Waals surface area contributed by atoms with E-state index in [1.807, 2.05) is 10.7 Å². The van der Waals surface area contributed by atoms with E-state index in [1.54, 1.807) is 0 Å². The summed E-state index contributed by atoms with van der Waals surface area (Å²) in [7, 11) is 0. The zero-order valence-corrected chi connectivity index (χ0v) is 10.4. The molecule has 2 nitrogen and oxygen atoms in total. The first kappa shape index (κ1) is 11.6. The van der Waals surface area contributed by atoms with E-state index < -0.39 is 0 Å². The summed E-state index contributed by atoms with van der Waals surface area (Å²) in [6.07, 6.45) is 7.38. The number of hydrogen-bond acceptors (Lipinski definition) is 1. The SMILES string of the molecule is CC/C=C\c1nn(Cc2ccccc2)cc1C. The first-order valence-corrected chi connectivity index (χ1v) is 6.04. The molecule has 0 radical (unpaired) electrons. The molecule has 0 aliphatic rings. The lowest BCUT2D eigenvalue weighted by molar-refractivity contribution is 0.684. The first-order chi connectivity index (χ1) is 8.29. The van der Waals surface area contributed by atoms with E-state index in [4.69, 9.17) is 0 Å². The summed E-state index contributed by atoms with van der Waals surface area (Å²) in [5.41, 5.74) is 3.58. The van der Waals surface area contributed by atoms with Gasteiger partial charge in [-0.3, -0.25) is 4.68 Å². The molecule has 0 aliphatic heterocycles. The van der Waals surface area contributed by atoms with Gasteiger partial charge in [-0.25, -0.2) is 0 Å². The molecule has 88 valence electrons. The fraction of sp³-hybridized carbons (Fsp3) is 0.267. The number of rotatable bonds is 4. The van der Waals surface area contributed by atoms with Crippen molar-refractivity contribution in [2.24, 2.45) is 0 Å². The third-order valence-corrected chi connectivity index (χ3v) is 2.68. The van der Waals surface area contributed by atoms with E-state index in [0.717, 1.165) is 18.7 Å². The van der Waals surface area contributed by atoms with Gasteiger partial charge in [-0.05, 0) is 30.5 Å². The molecule has 0 spiro atoms. The van der Waals surface area contributed by atoms with Crippen molar-refractivity contribution in [3.05, 3.63) is 59.4 Å². The van der Waals surface area contributed by atoms with Gasteiger partial charge in [0.1, 0.15) is 0 Å². The lowest BCUT2D eigenvalue weighted by Crippen LogP contribution is -1.99. The molecule has 0 unspecified atom stereocenters. The van der Waals surface area contributed by atoms with Gasteiger partial charge in [0.05, 0.1) is 12.2 Å². The summed E-state index contributed by atoms with van der Waals surface area (Å²) in [5, 5.41) is 4.57. The van der Waals surface area contributed by atoms with Crippen LogP contribution in [0.15, 0.2) is 42.6 Å². The maximum atomic E-state index is 4.57. The molecule has 1 aromatic heterocycles. The second-order valence-corrected chi connectivity index (χ2v) is 4.19. The maximum absolute atomic E-state index is 4.57. The number of allylic oxidation sites excluding steroid dienone is 1. The molecule has 0 amide bonds. The molecular formula is C15H18N2. The molecule has 0 fully saturated rings. The number of aryl methyl sites for hydroxylation is 1. The van der Waals surface area contributed by atoms with Gasteiger partial charge in [-0.1, -0.05) is 43.3 Å². The molecule has 0 atom stereocenters. The van der Waals surface area contributed by atoms with Gasteiger partial charge in [0.25, 0.3) is 0 Å². The molecule has 2 aromatic rings. The zero-order chi connectivity index (χ0) is 12.1. The van der Waals surface area contributed by atoms with Crippen molar-refractivity contribution >= 4 is 6.08 Å². The highest BCUT2D eigenvalue weighted by Gasteiger charge is 2.02. The Hall–Kier alpha value is -1.83. The smallest absolute Gasteiger partial charge is 0.0876 e. The van der Waals surface area contributed by atoms with Gasteiger partial charge in [0.15, 0.2) is 0 Å². The normalized spacial score (nSPS) is 11.2. The summed E-state index contributed by atoms with van der Waals surface area (Å²) in [4.78, 5) is 0. The summed E-state index contributed by atoms with van der Waals surface area (Å²) in [6.45, 7) is 5.07. The lowest BCUT2D eigenvalue weighted by atomic mass is 10.2. The molecule has 1 heterocycles. The highest BCUT2D eigenvalue weighted by Crippen LogP contribution is 2.10. The Morgan fingerprint density at radius 2 is 2.00 bits per heavy atom. The van der Waals surface area contributed by atoms with Crippen molar-refractivity contribution in [3.8, 4) is 0 Å². The standard InChI is InChI=1S/C15H18N2/c1-3-4-10-15-13(2)11-17(16-15)12-14-8-6-5-7-9-14/h4-11H,3,12H2,1-2H3/b10-4-. The van der Waals surface area contributed by atoms with E-state index in [1.165, 1.54) is 11.1 Å². The van der Waals surface area contributed by atoms with E-state index in [2.05, 4.69) is 61.6 Å². The van der Waals surface area contributed by atoms with Crippen molar-refractivity contribution in [2.75, 3.05) is 0 Å².